The monoisotopic (exact) mass is 368 g/mol. The van der Waals surface area contributed by atoms with Crippen molar-refractivity contribution in [1.29, 1.82) is 0 Å². The number of anilines is 1. The van der Waals surface area contributed by atoms with Gasteiger partial charge in [0.2, 0.25) is 10.0 Å². The second kappa shape index (κ2) is 6.48. The Hall–Kier alpha value is -1.41. The van der Waals surface area contributed by atoms with Crippen LogP contribution in [0.25, 0.3) is 10.9 Å². The third-order valence-corrected chi connectivity index (χ3v) is 5.91. The van der Waals surface area contributed by atoms with Crippen LogP contribution in [-0.4, -0.2) is 50.1 Å². The fourth-order valence-corrected chi connectivity index (χ4v) is 4.04. The number of hydrogen-bond acceptors (Lipinski definition) is 5. The first kappa shape index (κ1) is 17.4. The average molecular weight is 369 g/mol. The van der Waals surface area contributed by atoms with Crippen LogP contribution in [0, 0.1) is 0 Å². The van der Waals surface area contributed by atoms with Crippen LogP contribution < -0.4 is 10.6 Å². The Bertz CT molecular complexity index is 862. The SMILES string of the molecule is CC(N)c1cc2cccc(Cl)c2nc1N1CCN(S(C)(=O)=O)CC1. The molecule has 24 heavy (non-hydrogen) atoms. The van der Waals surface area contributed by atoms with Crippen molar-refractivity contribution in [2.24, 2.45) is 5.73 Å². The van der Waals surface area contributed by atoms with Crippen LogP contribution in [0.3, 0.4) is 0 Å². The summed E-state index contributed by atoms with van der Waals surface area (Å²) in [6.45, 7) is 3.97. The van der Waals surface area contributed by atoms with Gasteiger partial charge in [0.05, 0.1) is 16.8 Å². The Morgan fingerprint density at radius 1 is 1.25 bits per heavy atom. The van der Waals surface area contributed by atoms with Gasteiger partial charge in [-0.15, -0.1) is 0 Å². The first-order chi connectivity index (χ1) is 11.3. The molecule has 1 aromatic heterocycles. The molecule has 0 saturated carbocycles. The fraction of sp³-hybridized carbons (Fsp3) is 0.438. The second-order valence-electron chi connectivity index (χ2n) is 6.15. The molecule has 8 heteroatoms. The molecule has 2 heterocycles. The fourth-order valence-electron chi connectivity index (χ4n) is 2.99. The van der Waals surface area contributed by atoms with E-state index in [1.165, 1.54) is 10.6 Å². The Balaban J connectivity index is 1.99. The molecule has 2 N–H and O–H groups in total. The molecule has 1 fully saturated rings. The Kier molecular flexibility index (Phi) is 4.70. The number of rotatable bonds is 3. The number of pyridine rings is 1. The molecule has 1 aliphatic heterocycles. The van der Waals surface area contributed by atoms with Crippen LogP contribution >= 0.6 is 11.6 Å². The molecule has 1 saturated heterocycles. The minimum Gasteiger partial charge on any atom is -0.354 e. The quantitative estimate of drug-likeness (QED) is 0.896. The molecule has 1 atom stereocenters. The predicted molar refractivity (Wildman–Crippen MR) is 98.0 cm³/mol. The van der Waals surface area contributed by atoms with Crippen LogP contribution in [0.4, 0.5) is 5.82 Å². The maximum atomic E-state index is 11.7. The summed E-state index contributed by atoms with van der Waals surface area (Å²) in [6, 6.07) is 7.52. The molecule has 0 spiro atoms. The van der Waals surface area contributed by atoms with Gasteiger partial charge >= 0.3 is 0 Å². The van der Waals surface area contributed by atoms with Gasteiger partial charge in [-0.05, 0) is 19.1 Å². The molecular weight excluding hydrogens is 348 g/mol. The van der Waals surface area contributed by atoms with Gasteiger partial charge < -0.3 is 10.6 Å². The number of nitrogens with two attached hydrogens (primary N) is 1. The highest BCUT2D eigenvalue weighted by Gasteiger charge is 2.26. The summed E-state index contributed by atoms with van der Waals surface area (Å²) in [7, 11) is -3.16. The van der Waals surface area contributed by atoms with E-state index in [1.807, 2.05) is 31.2 Å². The summed E-state index contributed by atoms with van der Waals surface area (Å²) in [6.07, 6.45) is 1.24. The lowest BCUT2D eigenvalue weighted by Crippen LogP contribution is -2.49. The van der Waals surface area contributed by atoms with E-state index in [9.17, 15) is 8.42 Å². The zero-order chi connectivity index (χ0) is 17.5. The minimum atomic E-state index is -3.16. The molecule has 0 radical (unpaired) electrons. The number of sulfonamides is 1. The highest BCUT2D eigenvalue weighted by molar-refractivity contribution is 7.88. The number of nitrogens with zero attached hydrogens (tertiary/aromatic N) is 3. The van der Waals surface area contributed by atoms with E-state index in [0.717, 1.165) is 22.3 Å². The van der Waals surface area contributed by atoms with E-state index in [-0.39, 0.29) is 6.04 Å². The third kappa shape index (κ3) is 3.35. The summed E-state index contributed by atoms with van der Waals surface area (Å²) < 4.78 is 24.8. The van der Waals surface area contributed by atoms with E-state index in [4.69, 9.17) is 22.3 Å². The van der Waals surface area contributed by atoms with Crippen molar-refractivity contribution in [1.82, 2.24) is 9.29 Å². The summed E-state index contributed by atoms with van der Waals surface area (Å²) in [5.74, 6) is 0.791. The average Bonchev–Trinajstić information content (AvgIpc) is 2.53. The first-order valence-electron chi connectivity index (χ1n) is 7.82. The lowest BCUT2D eigenvalue weighted by atomic mass is 10.1. The number of halogens is 1. The van der Waals surface area contributed by atoms with Crippen LogP contribution in [-0.2, 0) is 10.0 Å². The highest BCUT2D eigenvalue weighted by atomic mass is 35.5. The zero-order valence-electron chi connectivity index (χ0n) is 13.7. The van der Waals surface area contributed by atoms with Crippen LogP contribution in [0.2, 0.25) is 5.02 Å². The standard InChI is InChI=1S/C16H21ClN4O2S/c1-11(18)13-10-12-4-3-5-14(17)15(12)19-16(13)20-6-8-21(9-7-20)24(2,22)23/h3-5,10-11H,6-9,18H2,1-2H3. The molecule has 1 aliphatic rings. The maximum absolute atomic E-state index is 11.7. The summed E-state index contributed by atoms with van der Waals surface area (Å²) >= 11 is 6.28. The summed E-state index contributed by atoms with van der Waals surface area (Å²) in [4.78, 5) is 6.84. The van der Waals surface area contributed by atoms with Gasteiger partial charge in [0.15, 0.2) is 0 Å². The van der Waals surface area contributed by atoms with E-state index in [1.54, 1.807) is 0 Å². The van der Waals surface area contributed by atoms with Gasteiger partial charge in [-0.3, -0.25) is 0 Å². The van der Waals surface area contributed by atoms with Crippen LogP contribution in [0.15, 0.2) is 24.3 Å². The van der Waals surface area contributed by atoms with Gasteiger partial charge in [-0.1, -0.05) is 23.7 Å². The van der Waals surface area contributed by atoms with Gasteiger partial charge in [0, 0.05) is 43.2 Å². The van der Waals surface area contributed by atoms with Crippen molar-refractivity contribution in [2.75, 3.05) is 37.3 Å². The lowest BCUT2D eigenvalue weighted by Gasteiger charge is -2.35. The molecule has 3 rings (SSSR count). The van der Waals surface area contributed by atoms with E-state index < -0.39 is 10.0 Å². The molecule has 0 aliphatic carbocycles. The Labute approximate surface area is 147 Å². The van der Waals surface area contributed by atoms with Gasteiger partial charge in [0.25, 0.3) is 0 Å². The molecular formula is C16H21ClN4O2S. The summed E-state index contributed by atoms with van der Waals surface area (Å²) in [5.41, 5.74) is 7.82. The molecule has 0 bridgehead atoms. The van der Waals surface area contributed by atoms with Gasteiger partial charge in [0.1, 0.15) is 5.82 Å². The second-order valence-corrected chi connectivity index (χ2v) is 8.54. The minimum absolute atomic E-state index is 0.177. The number of fused-ring (bicyclic) bond motifs is 1. The van der Waals surface area contributed by atoms with Crippen molar-refractivity contribution in [3.05, 3.63) is 34.9 Å². The van der Waals surface area contributed by atoms with Crippen LogP contribution in [0.1, 0.15) is 18.5 Å². The molecule has 2 aromatic rings. The van der Waals surface area contributed by atoms with E-state index in [0.29, 0.717) is 31.2 Å². The van der Waals surface area contributed by atoms with Crippen molar-refractivity contribution in [3.63, 3.8) is 0 Å². The van der Waals surface area contributed by atoms with Crippen molar-refractivity contribution >= 4 is 38.3 Å². The van der Waals surface area contributed by atoms with E-state index in [2.05, 4.69) is 4.90 Å². The third-order valence-electron chi connectivity index (χ3n) is 4.30. The Morgan fingerprint density at radius 3 is 2.50 bits per heavy atom. The van der Waals surface area contributed by atoms with Crippen molar-refractivity contribution in [3.8, 4) is 0 Å². The molecule has 1 aromatic carbocycles. The Morgan fingerprint density at radius 2 is 1.92 bits per heavy atom. The summed E-state index contributed by atoms with van der Waals surface area (Å²) in [5, 5.41) is 1.55. The molecule has 130 valence electrons. The number of hydrogen-bond donors (Lipinski definition) is 1. The maximum Gasteiger partial charge on any atom is 0.211 e. The predicted octanol–water partition coefficient (Wildman–Crippen LogP) is 1.99. The number of para-hydroxylation sites is 1. The topological polar surface area (TPSA) is 79.5 Å². The zero-order valence-corrected chi connectivity index (χ0v) is 15.3. The van der Waals surface area contributed by atoms with Gasteiger partial charge in [-0.2, -0.15) is 4.31 Å². The number of benzene rings is 1. The van der Waals surface area contributed by atoms with Crippen molar-refractivity contribution < 1.29 is 8.42 Å². The largest absolute Gasteiger partial charge is 0.354 e. The smallest absolute Gasteiger partial charge is 0.211 e. The van der Waals surface area contributed by atoms with Crippen molar-refractivity contribution in [2.45, 2.75) is 13.0 Å². The number of piperazine rings is 1. The van der Waals surface area contributed by atoms with Gasteiger partial charge in [-0.25, -0.2) is 13.4 Å². The molecule has 0 amide bonds. The normalized spacial score (nSPS) is 18.1. The lowest BCUT2D eigenvalue weighted by molar-refractivity contribution is 0.386. The van der Waals surface area contributed by atoms with Crippen LogP contribution in [0.5, 0.6) is 0 Å². The highest BCUT2D eigenvalue weighted by Crippen LogP contribution is 2.31. The van der Waals surface area contributed by atoms with E-state index >= 15 is 0 Å². The first-order valence-corrected chi connectivity index (χ1v) is 10.0. The number of aromatic nitrogens is 1. The molecule has 6 nitrogen and oxygen atoms in total. The molecule has 1 unspecified atom stereocenters.